The Bertz CT molecular complexity index is 1590. The van der Waals surface area contributed by atoms with E-state index in [1.165, 1.54) is 0 Å². The zero-order valence-electron chi connectivity index (χ0n) is 28.7. The van der Waals surface area contributed by atoms with Crippen molar-refractivity contribution in [1.82, 2.24) is 20.4 Å². The lowest BCUT2D eigenvalue weighted by molar-refractivity contribution is -0.384. The molecule has 3 aliphatic rings. The smallest absolute Gasteiger partial charge is 0.269 e. The molecule has 4 aromatic rings. The van der Waals surface area contributed by atoms with E-state index in [1.807, 2.05) is 54.6 Å². The van der Waals surface area contributed by atoms with Gasteiger partial charge in [0.15, 0.2) is 0 Å². The van der Waals surface area contributed by atoms with Crippen LogP contribution in [0.5, 0.6) is 17.2 Å². The molecule has 2 bridgehead atoms. The van der Waals surface area contributed by atoms with E-state index in [-0.39, 0.29) is 10.6 Å². The molecule has 0 aliphatic carbocycles. The minimum absolute atomic E-state index is 0.0843. The maximum Gasteiger partial charge on any atom is 0.269 e. The highest BCUT2D eigenvalue weighted by Crippen LogP contribution is 2.26. The van der Waals surface area contributed by atoms with Crippen LogP contribution < -0.4 is 29.7 Å². The van der Waals surface area contributed by atoms with E-state index < -0.39 is 0 Å². The summed E-state index contributed by atoms with van der Waals surface area (Å²) >= 11 is 0. The van der Waals surface area contributed by atoms with Crippen LogP contribution in [0, 0.1) is 10.1 Å². The van der Waals surface area contributed by atoms with E-state index in [9.17, 15) is 10.1 Å². The molecule has 7 rings (SSSR count). The SMILES string of the molecule is O=[N+]([O-])c1ccc(N2CCN3CCNCc4ccccc4OCCN(CCOc4ccccc4CNCC3)CCOc3ccccc3C2)cc1. The van der Waals surface area contributed by atoms with Gasteiger partial charge in [-0.25, -0.2) is 0 Å². The van der Waals surface area contributed by atoms with Crippen LogP contribution in [0.4, 0.5) is 11.4 Å². The number of benzene rings is 4. The van der Waals surface area contributed by atoms with Crippen molar-refractivity contribution in [2.75, 3.05) is 83.6 Å². The number of hydrogen-bond acceptors (Lipinski definition) is 10. The number of rotatable bonds is 2. The first-order chi connectivity index (χ1) is 24.6. The molecular formula is C39H48N6O5. The Morgan fingerprint density at radius 2 is 1.00 bits per heavy atom. The summed E-state index contributed by atoms with van der Waals surface area (Å²) in [5.41, 5.74) is 4.36. The number of anilines is 1. The van der Waals surface area contributed by atoms with Crippen molar-refractivity contribution in [3.8, 4) is 17.2 Å². The molecule has 0 unspecified atom stereocenters. The van der Waals surface area contributed by atoms with Gasteiger partial charge in [0.1, 0.15) is 37.1 Å². The lowest BCUT2D eigenvalue weighted by atomic mass is 10.1. The molecule has 0 fully saturated rings. The molecule has 0 amide bonds. The number of nitro benzene ring substituents is 1. The van der Waals surface area contributed by atoms with Gasteiger partial charge in [-0.1, -0.05) is 54.6 Å². The van der Waals surface area contributed by atoms with Gasteiger partial charge in [0.2, 0.25) is 0 Å². The van der Waals surface area contributed by atoms with Gasteiger partial charge in [-0.3, -0.25) is 19.9 Å². The topological polar surface area (TPSA) is 105 Å². The van der Waals surface area contributed by atoms with Gasteiger partial charge < -0.3 is 29.7 Å². The zero-order valence-corrected chi connectivity index (χ0v) is 28.7. The van der Waals surface area contributed by atoms with E-state index >= 15 is 0 Å². The van der Waals surface area contributed by atoms with Crippen LogP contribution in [0.3, 0.4) is 0 Å². The molecule has 50 heavy (non-hydrogen) atoms. The molecular weight excluding hydrogens is 632 g/mol. The Morgan fingerprint density at radius 1 is 0.540 bits per heavy atom. The normalized spacial score (nSPS) is 20.0. The van der Waals surface area contributed by atoms with Crippen LogP contribution in [-0.4, -0.2) is 93.4 Å². The molecule has 0 radical (unpaired) electrons. The molecule has 3 aliphatic heterocycles. The number of nitrogens with zero attached hydrogens (tertiary/aromatic N) is 4. The first-order valence-electron chi connectivity index (χ1n) is 17.6. The van der Waals surface area contributed by atoms with Crippen LogP contribution in [0.1, 0.15) is 16.7 Å². The van der Waals surface area contributed by atoms with E-state index in [0.717, 1.165) is 105 Å². The number of para-hydroxylation sites is 3. The summed E-state index contributed by atoms with van der Waals surface area (Å²) in [7, 11) is 0. The second-order valence-electron chi connectivity index (χ2n) is 12.6. The predicted molar refractivity (Wildman–Crippen MR) is 196 cm³/mol. The van der Waals surface area contributed by atoms with Gasteiger partial charge in [-0.15, -0.1) is 0 Å². The van der Waals surface area contributed by atoms with Gasteiger partial charge in [0.25, 0.3) is 5.69 Å². The molecule has 0 atom stereocenters. The number of non-ortho nitro benzene ring substituents is 1. The maximum atomic E-state index is 11.4. The standard InChI is InChI=1S/C39H48N6O5/c46-45(47)36-15-13-35(14-16-36)44-22-21-42-19-17-40-29-32-7-1-4-10-37(32)48-26-23-43(25-28-50-39-12-6-3-9-34(39)31-44)24-27-49-38-11-5-2-8-33(38)30-41-18-20-42/h1-16,40-41H,17-31H2. The number of ether oxygens (including phenoxy) is 3. The average Bonchev–Trinajstić information content (AvgIpc) is 3.13. The number of hydrogen-bond donors (Lipinski definition) is 2. The second kappa shape index (κ2) is 18.4. The van der Waals surface area contributed by atoms with Crippen LogP contribution >= 0.6 is 0 Å². The predicted octanol–water partition coefficient (Wildman–Crippen LogP) is 4.95. The summed E-state index contributed by atoms with van der Waals surface area (Å²) < 4.78 is 19.2. The highest BCUT2D eigenvalue weighted by atomic mass is 16.6. The van der Waals surface area contributed by atoms with E-state index in [4.69, 9.17) is 14.2 Å². The molecule has 11 nitrogen and oxygen atoms in total. The molecule has 0 spiro atoms. The first kappa shape index (κ1) is 35.2. The summed E-state index contributed by atoms with van der Waals surface area (Å²) in [4.78, 5) is 18.2. The van der Waals surface area contributed by atoms with Crippen LogP contribution in [0.2, 0.25) is 0 Å². The molecule has 0 aromatic heterocycles. The van der Waals surface area contributed by atoms with Gasteiger partial charge in [-0.2, -0.15) is 0 Å². The minimum atomic E-state index is -0.352. The summed E-state index contributed by atoms with van der Waals surface area (Å²) in [6.45, 7) is 10.7. The number of fused-ring (bicyclic) bond motifs is 15. The Kier molecular flexibility index (Phi) is 12.9. The van der Waals surface area contributed by atoms with E-state index in [1.54, 1.807) is 12.1 Å². The van der Waals surface area contributed by atoms with Gasteiger partial charge >= 0.3 is 0 Å². The molecule has 0 saturated carbocycles. The largest absolute Gasteiger partial charge is 0.492 e. The Balaban J connectivity index is 1.31. The maximum absolute atomic E-state index is 11.4. The highest BCUT2D eigenvalue weighted by Gasteiger charge is 2.17. The fraction of sp³-hybridized carbons (Fsp3) is 0.385. The fourth-order valence-electron chi connectivity index (χ4n) is 6.35. The summed E-state index contributed by atoms with van der Waals surface area (Å²) in [5, 5.41) is 18.8. The third kappa shape index (κ3) is 10.2. The van der Waals surface area contributed by atoms with Gasteiger partial charge in [-0.05, 0) is 30.3 Å². The highest BCUT2D eigenvalue weighted by molar-refractivity contribution is 5.52. The van der Waals surface area contributed by atoms with Gasteiger partial charge in [0, 0.05) is 113 Å². The monoisotopic (exact) mass is 680 g/mol. The third-order valence-corrected chi connectivity index (χ3v) is 9.23. The Labute approximate surface area is 294 Å². The average molecular weight is 681 g/mol. The van der Waals surface area contributed by atoms with Crippen molar-refractivity contribution >= 4 is 11.4 Å². The van der Waals surface area contributed by atoms with Gasteiger partial charge in [0.05, 0.1) is 4.92 Å². The van der Waals surface area contributed by atoms with Crippen molar-refractivity contribution in [2.45, 2.75) is 19.6 Å². The first-order valence-corrected chi connectivity index (χ1v) is 17.6. The summed E-state index contributed by atoms with van der Waals surface area (Å²) in [5.74, 6) is 2.64. The van der Waals surface area contributed by atoms with Crippen molar-refractivity contribution < 1.29 is 19.1 Å². The zero-order chi connectivity index (χ0) is 34.4. The quantitative estimate of drug-likeness (QED) is 0.223. The summed E-state index contributed by atoms with van der Waals surface area (Å²) in [6, 6.07) is 31.5. The Morgan fingerprint density at radius 3 is 1.52 bits per heavy atom. The molecule has 264 valence electrons. The molecule has 11 heteroatoms. The third-order valence-electron chi connectivity index (χ3n) is 9.23. The number of nitro groups is 1. The van der Waals surface area contributed by atoms with Crippen molar-refractivity contribution in [3.63, 3.8) is 0 Å². The lowest BCUT2D eigenvalue weighted by Gasteiger charge is -2.30. The number of nitrogens with one attached hydrogen (secondary N) is 2. The molecule has 3 heterocycles. The van der Waals surface area contributed by atoms with Crippen molar-refractivity contribution in [2.24, 2.45) is 0 Å². The fourth-order valence-corrected chi connectivity index (χ4v) is 6.35. The van der Waals surface area contributed by atoms with Crippen molar-refractivity contribution in [3.05, 3.63) is 124 Å². The van der Waals surface area contributed by atoms with Crippen LogP contribution in [0.25, 0.3) is 0 Å². The summed E-state index contributed by atoms with van der Waals surface area (Å²) in [6.07, 6.45) is 0. The molecule has 2 N–H and O–H groups in total. The van der Waals surface area contributed by atoms with E-state index in [0.29, 0.717) is 32.9 Å². The molecule has 0 saturated heterocycles. The van der Waals surface area contributed by atoms with Crippen LogP contribution in [0.15, 0.2) is 97.1 Å². The lowest BCUT2D eigenvalue weighted by Crippen LogP contribution is -2.41. The Hall–Kier alpha value is -4.68. The molecule has 4 aromatic carbocycles. The van der Waals surface area contributed by atoms with Crippen molar-refractivity contribution in [1.29, 1.82) is 0 Å². The van der Waals surface area contributed by atoms with E-state index in [2.05, 4.69) is 55.7 Å². The minimum Gasteiger partial charge on any atom is -0.492 e. The second-order valence-corrected chi connectivity index (χ2v) is 12.6. The van der Waals surface area contributed by atoms with Crippen LogP contribution in [-0.2, 0) is 19.6 Å².